The van der Waals surface area contributed by atoms with Gasteiger partial charge in [0.25, 0.3) is 0 Å². The van der Waals surface area contributed by atoms with Gasteiger partial charge < -0.3 is 0 Å². The van der Waals surface area contributed by atoms with Crippen LogP contribution in [-0.4, -0.2) is 0 Å². The van der Waals surface area contributed by atoms with Crippen molar-refractivity contribution in [3.05, 3.63) is 129 Å². The van der Waals surface area contributed by atoms with Crippen LogP contribution in [0.15, 0.2) is 113 Å². The molecule has 0 unspecified atom stereocenters. The van der Waals surface area contributed by atoms with Gasteiger partial charge in [-0.25, -0.2) is 0 Å². The number of hydrogen-bond acceptors (Lipinski definition) is 0. The maximum absolute atomic E-state index is 2.91. The van der Waals surface area contributed by atoms with Crippen molar-refractivity contribution in [1.82, 2.24) is 0 Å². The Balaban J connectivity index is 1.76. The molecule has 0 saturated carbocycles. The number of benzene rings is 3. The Morgan fingerprint density at radius 3 is 1.30 bits per heavy atom. The van der Waals surface area contributed by atoms with Gasteiger partial charge in [0, 0.05) is 0 Å². The quantitative estimate of drug-likeness (QED) is 0.311. The summed E-state index contributed by atoms with van der Waals surface area (Å²) in [6.45, 7) is 0. The van der Waals surface area contributed by atoms with Gasteiger partial charge in [-0.3, -0.25) is 0 Å². The van der Waals surface area contributed by atoms with Crippen LogP contribution in [0.5, 0.6) is 0 Å². The van der Waals surface area contributed by atoms with Gasteiger partial charge in [-0.1, -0.05) is 0 Å². The van der Waals surface area contributed by atoms with Crippen molar-refractivity contribution in [2.24, 2.45) is 0 Å². The molecule has 0 N–H and O–H groups in total. The summed E-state index contributed by atoms with van der Waals surface area (Å²) in [5, 5.41) is 0. The molecule has 0 heterocycles. The van der Waals surface area contributed by atoms with Gasteiger partial charge in [-0.15, -0.1) is 0 Å². The van der Waals surface area contributed by atoms with E-state index >= 15 is 0 Å². The fourth-order valence-corrected chi connectivity index (χ4v) is 22.7. The Morgan fingerprint density at radius 2 is 0.963 bits per heavy atom. The van der Waals surface area contributed by atoms with Crippen molar-refractivity contribution >= 4 is 0 Å². The first-order valence-corrected chi connectivity index (χ1v) is 19.2. The normalized spacial score (nSPS) is 13.6. The zero-order chi connectivity index (χ0) is 18.4. The predicted molar refractivity (Wildman–Crippen MR) is 112 cm³/mol. The van der Waals surface area contributed by atoms with E-state index in [-0.39, 0.29) is 0 Å². The van der Waals surface area contributed by atoms with Gasteiger partial charge >= 0.3 is 168 Å². The van der Waals surface area contributed by atoms with E-state index in [0.717, 1.165) is 6.42 Å². The fourth-order valence-electron chi connectivity index (χ4n) is 4.33. The zero-order valence-electron chi connectivity index (χ0n) is 15.7. The topological polar surface area (TPSA) is 0 Å². The Bertz CT molecular complexity index is 807. The van der Waals surface area contributed by atoms with Crippen molar-refractivity contribution in [3.8, 4) is 0 Å². The fraction of sp³-hybridized carbons (Fsp3) is 0.154. The summed E-state index contributed by atoms with van der Waals surface area (Å²) in [6, 6.07) is 33.5. The van der Waals surface area contributed by atoms with Gasteiger partial charge in [-0.05, 0) is 0 Å². The van der Waals surface area contributed by atoms with Crippen molar-refractivity contribution in [2.75, 3.05) is 0 Å². The van der Waals surface area contributed by atoms with Crippen molar-refractivity contribution in [2.45, 2.75) is 19.0 Å². The SMILES string of the molecule is C1=CC[C]([Hf]([CH2]c2ccccc2)([CH2]c2ccccc2)[CH2]c2ccccc2)=C1. The molecule has 0 radical (unpaired) electrons. The van der Waals surface area contributed by atoms with E-state index in [9.17, 15) is 0 Å². The van der Waals surface area contributed by atoms with Crippen LogP contribution in [0.2, 0.25) is 0 Å². The molecule has 27 heavy (non-hydrogen) atoms. The second-order valence-electron chi connectivity index (χ2n) is 7.59. The first kappa shape index (κ1) is 18.4. The molecule has 0 fully saturated rings. The number of rotatable bonds is 7. The van der Waals surface area contributed by atoms with Gasteiger partial charge in [0.2, 0.25) is 0 Å². The average Bonchev–Trinajstić information content (AvgIpc) is 3.26. The molecule has 0 saturated heterocycles. The van der Waals surface area contributed by atoms with Gasteiger partial charge in [0.05, 0.1) is 0 Å². The first-order chi connectivity index (χ1) is 13.3. The molecule has 4 rings (SSSR count). The van der Waals surface area contributed by atoms with Crippen molar-refractivity contribution in [3.63, 3.8) is 0 Å². The van der Waals surface area contributed by atoms with Crippen LogP contribution in [0.25, 0.3) is 0 Å². The third-order valence-electron chi connectivity index (χ3n) is 5.61. The van der Waals surface area contributed by atoms with Crippen LogP contribution in [0.1, 0.15) is 23.1 Å². The van der Waals surface area contributed by atoms with E-state index in [1.807, 2.05) is 0 Å². The zero-order valence-corrected chi connectivity index (χ0v) is 19.3. The average molecular weight is 517 g/mol. The molecule has 0 aliphatic heterocycles. The summed E-state index contributed by atoms with van der Waals surface area (Å²) in [5.74, 6) is 0. The van der Waals surface area contributed by atoms with E-state index in [1.165, 1.54) is 29.2 Å². The van der Waals surface area contributed by atoms with Crippen LogP contribution >= 0.6 is 0 Å². The molecule has 0 aromatic heterocycles. The molecular weight excluding hydrogens is 491 g/mol. The number of hydrogen-bond donors (Lipinski definition) is 0. The first-order valence-electron chi connectivity index (χ1n) is 9.82. The Morgan fingerprint density at radius 1 is 0.556 bits per heavy atom. The predicted octanol–water partition coefficient (Wildman–Crippen LogP) is 6.58. The molecule has 0 amide bonds. The third kappa shape index (κ3) is 4.65. The molecule has 0 bridgehead atoms. The van der Waals surface area contributed by atoms with E-state index < -0.39 is 20.0 Å². The number of allylic oxidation sites excluding steroid dienone is 4. The van der Waals surface area contributed by atoms with Crippen LogP contribution in [0.3, 0.4) is 0 Å². The maximum atomic E-state index is 2.45. The monoisotopic (exact) mass is 518 g/mol. The van der Waals surface area contributed by atoms with Crippen LogP contribution in [0.4, 0.5) is 0 Å². The molecule has 134 valence electrons. The summed E-state index contributed by atoms with van der Waals surface area (Å²) in [5.41, 5.74) is 4.54. The summed E-state index contributed by atoms with van der Waals surface area (Å²) in [7, 11) is 0. The molecule has 1 aliphatic carbocycles. The molecule has 0 nitrogen and oxygen atoms in total. The molecule has 0 atom stereocenters. The molecule has 1 aliphatic rings. The Hall–Kier alpha value is -1.99. The third-order valence-corrected chi connectivity index (χ3v) is 23.5. The van der Waals surface area contributed by atoms with Gasteiger partial charge in [-0.2, -0.15) is 0 Å². The van der Waals surface area contributed by atoms with Crippen molar-refractivity contribution in [1.29, 1.82) is 0 Å². The summed E-state index contributed by atoms with van der Waals surface area (Å²) in [6.07, 6.45) is 8.25. The summed E-state index contributed by atoms with van der Waals surface area (Å²) >= 11 is -2.91. The molecule has 3 aromatic rings. The molecular formula is C26H26Hf. The minimum atomic E-state index is -2.91. The summed E-state index contributed by atoms with van der Waals surface area (Å²) < 4.78 is 5.63. The van der Waals surface area contributed by atoms with E-state index in [0.29, 0.717) is 0 Å². The van der Waals surface area contributed by atoms with E-state index in [1.54, 1.807) is 3.33 Å². The van der Waals surface area contributed by atoms with Crippen LogP contribution in [0, 0.1) is 0 Å². The van der Waals surface area contributed by atoms with Crippen molar-refractivity contribution < 1.29 is 20.0 Å². The Labute approximate surface area is 167 Å². The van der Waals surface area contributed by atoms with Gasteiger partial charge in [0.15, 0.2) is 0 Å². The molecule has 1 heteroatoms. The molecule has 0 spiro atoms. The second kappa shape index (κ2) is 8.80. The van der Waals surface area contributed by atoms with E-state index in [4.69, 9.17) is 0 Å². The van der Waals surface area contributed by atoms with Crippen LogP contribution < -0.4 is 0 Å². The molecule has 3 aromatic carbocycles. The second-order valence-corrected chi connectivity index (χ2v) is 22.9. The Kier molecular flexibility index (Phi) is 5.99. The minimum absolute atomic E-state index is 1.16. The van der Waals surface area contributed by atoms with Gasteiger partial charge in [0.1, 0.15) is 0 Å². The summed E-state index contributed by atoms with van der Waals surface area (Å²) in [4.78, 5) is 0. The van der Waals surface area contributed by atoms with Crippen LogP contribution in [-0.2, 0) is 32.5 Å². The van der Waals surface area contributed by atoms with E-state index in [2.05, 4.69) is 109 Å². The standard InChI is InChI=1S/3C7H7.C5H5.Hf/c3*1-7-5-3-2-4-6-7;1-2-4-5-3-1;/h3*2-6H,1H2;1-3H,4H2;.